The van der Waals surface area contributed by atoms with Crippen molar-refractivity contribution in [3.63, 3.8) is 0 Å². The molecule has 5 heteroatoms. The van der Waals surface area contributed by atoms with E-state index in [4.69, 9.17) is 9.84 Å². The molecule has 2 amide bonds. The zero-order valence-corrected chi connectivity index (χ0v) is 12.5. The summed E-state index contributed by atoms with van der Waals surface area (Å²) in [5, 5.41) is 14.2. The Balaban J connectivity index is 1.77. The van der Waals surface area contributed by atoms with Crippen LogP contribution in [0.3, 0.4) is 0 Å². The van der Waals surface area contributed by atoms with Gasteiger partial charge in [0, 0.05) is 5.69 Å². The molecule has 0 bridgehead atoms. The van der Waals surface area contributed by atoms with Gasteiger partial charge in [0.05, 0.1) is 25.4 Å². The SMILES string of the molecule is C[C@@H](CO)NC(=O)Nc1ccc(COC2CCCC2)cc1. The lowest BCUT2D eigenvalue weighted by molar-refractivity contribution is 0.0457. The van der Waals surface area contributed by atoms with Gasteiger partial charge in [-0.15, -0.1) is 0 Å². The van der Waals surface area contributed by atoms with Gasteiger partial charge in [-0.25, -0.2) is 4.79 Å². The molecule has 0 aromatic heterocycles. The Labute approximate surface area is 125 Å². The molecule has 0 saturated heterocycles. The number of hydrogen-bond donors (Lipinski definition) is 3. The van der Waals surface area contributed by atoms with E-state index < -0.39 is 0 Å². The molecule has 1 aromatic carbocycles. The summed E-state index contributed by atoms with van der Waals surface area (Å²) < 4.78 is 5.85. The number of nitrogens with one attached hydrogen (secondary N) is 2. The number of urea groups is 1. The number of ether oxygens (including phenoxy) is 1. The lowest BCUT2D eigenvalue weighted by Gasteiger charge is -2.13. The number of hydrogen-bond acceptors (Lipinski definition) is 3. The van der Waals surface area contributed by atoms with Gasteiger partial charge in [0.25, 0.3) is 0 Å². The van der Waals surface area contributed by atoms with Crippen molar-refractivity contribution in [1.82, 2.24) is 5.32 Å². The highest BCUT2D eigenvalue weighted by atomic mass is 16.5. The Morgan fingerprint density at radius 3 is 2.62 bits per heavy atom. The number of carbonyl (C=O) groups is 1. The second kappa shape index (κ2) is 8.00. The minimum Gasteiger partial charge on any atom is -0.394 e. The third kappa shape index (κ3) is 5.36. The normalized spacial score (nSPS) is 16.7. The predicted molar refractivity (Wildman–Crippen MR) is 82.2 cm³/mol. The largest absolute Gasteiger partial charge is 0.394 e. The van der Waals surface area contributed by atoms with Gasteiger partial charge in [0.15, 0.2) is 0 Å². The molecular formula is C16H24N2O3. The molecule has 1 aliphatic carbocycles. The van der Waals surface area contributed by atoms with Gasteiger partial charge in [0.1, 0.15) is 0 Å². The van der Waals surface area contributed by atoms with Gasteiger partial charge >= 0.3 is 6.03 Å². The van der Waals surface area contributed by atoms with E-state index in [2.05, 4.69) is 10.6 Å². The van der Waals surface area contributed by atoms with Crippen molar-refractivity contribution in [2.75, 3.05) is 11.9 Å². The van der Waals surface area contributed by atoms with Crippen LogP contribution >= 0.6 is 0 Å². The summed E-state index contributed by atoms with van der Waals surface area (Å²) in [6.45, 7) is 2.28. The second-order valence-electron chi connectivity index (χ2n) is 5.60. The molecule has 1 fully saturated rings. The molecule has 0 spiro atoms. The van der Waals surface area contributed by atoms with Crippen LogP contribution in [-0.4, -0.2) is 29.9 Å². The van der Waals surface area contributed by atoms with Crippen molar-refractivity contribution in [1.29, 1.82) is 0 Å². The van der Waals surface area contributed by atoms with E-state index in [9.17, 15) is 4.79 Å². The fourth-order valence-electron chi connectivity index (χ4n) is 2.39. The van der Waals surface area contributed by atoms with Gasteiger partial charge in [-0.05, 0) is 37.5 Å². The first-order valence-corrected chi connectivity index (χ1v) is 7.56. The second-order valence-corrected chi connectivity index (χ2v) is 5.60. The molecule has 1 atom stereocenters. The monoisotopic (exact) mass is 292 g/mol. The molecule has 5 nitrogen and oxygen atoms in total. The molecule has 21 heavy (non-hydrogen) atoms. The van der Waals surface area contributed by atoms with Crippen molar-refractivity contribution < 1.29 is 14.6 Å². The van der Waals surface area contributed by atoms with Gasteiger partial charge in [0.2, 0.25) is 0 Å². The maximum absolute atomic E-state index is 11.6. The third-order valence-corrected chi connectivity index (χ3v) is 3.65. The van der Waals surface area contributed by atoms with Gasteiger partial charge in [-0.2, -0.15) is 0 Å². The van der Waals surface area contributed by atoms with Crippen molar-refractivity contribution >= 4 is 11.7 Å². The van der Waals surface area contributed by atoms with Crippen molar-refractivity contribution in [3.8, 4) is 0 Å². The average Bonchev–Trinajstić information content (AvgIpc) is 2.99. The van der Waals surface area contributed by atoms with Crippen LogP contribution in [0, 0.1) is 0 Å². The van der Waals surface area contributed by atoms with Crippen LogP contribution in [0.1, 0.15) is 38.2 Å². The van der Waals surface area contributed by atoms with E-state index in [1.807, 2.05) is 24.3 Å². The van der Waals surface area contributed by atoms with Crippen LogP contribution < -0.4 is 10.6 Å². The zero-order valence-electron chi connectivity index (χ0n) is 12.5. The smallest absolute Gasteiger partial charge is 0.319 e. The molecule has 3 N–H and O–H groups in total. The Morgan fingerprint density at radius 2 is 2.00 bits per heavy atom. The Hall–Kier alpha value is -1.59. The highest BCUT2D eigenvalue weighted by molar-refractivity contribution is 5.89. The quantitative estimate of drug-likeness (QED) is 0.755. The van der Waals surface area contributed by atoms with E-state index in [0.717, 1.165) is 11.3 Å². The molecule has 0 aliphatic heterocycles. The van der Waals surface area contributed by atoms with Gasteiger partial charge in [-0.1, -0.05) is 25.0 Å². The van der Waals surface area contributed by atoms with Crippen LogP contribution in [0.15, 0.2) is 24.3 Å². The molecule has 1 saturated carbocycles. The Kier molecular flexibility index (Phi) is 6.02. The highest BCUT2D eigenvalue weighted by Gasteiger charge is 2.15. The van der Waals surface area contributed by atoms with E-state index in [1.165, 1.54) is 25.7 Å². The van der Waals surface area contributed by atoms with Crippen LogP contribution in [0.2, 0.25) is 0 Å². The highest BCUT2D eigenvalue weighted by Crippen LogP contribution is 2.22. The van der Waals surface area contributed by atoms with E-state index in [-0.39, 0.29) is 18.7 Å². The first kappa shape index (κ1) is 15.8. The van der Waals surface area contributed by atoms with Crippen LogP contribution in [0.5, 0.6) is 0 Å². The topological polar surface area (TPSA) is 70.6 Å². The maximum atomic E-state index is 11.6. The van der Waals surface area contributed by atoms with Crippen LogP contribution in [-0.2, 0) is 11.3 Å². The lowest BCUT2D eigenvalue weighted by atomic mass is 10.2. The van der Waals surface area contributed by atoms with Gasteiger partial charge < -0.3 is 20.5 Å². The summed E-state index contributed by atoms with van der Waals surface area (Å²) in [7, 11) is 0. The van der Waals surface area contributed by atoms with Crippen LogP contribution in [0.4, 0.5) is 10.5 Å². The summed E-state index contributed by atoms with van der Waals surface area (Å²) in [5.41, 5.74) is 1.83. The molecule has 0 heterocycles. The molecule has 1 aromatic rings. The van der Waals surface area contributed by atoms with E-state index >= 15 is 0 Å². The summed E-state index contributed by atoms with van der Waals surface area (Å²) in [6.07, 6.45) is 5.30. The fraction of sp³-hybridized carbons (Fsp3) is 0.562. The molecule has 0 radical (unpaired) electrons. The number of carbonyl (C=O) groups excluding carboxylic acids is 1. The lowest BCUT2D eigenvalue weighted by Crippen LogP contribution is -2.38. The first-order chi connectivity index (χ1) is 10.2. The number of amides is 2. The van der Waals surface area contributed by atoms with Crippen molar-refractivity contribution in [2.45, 2.75) is 51.4 Å². The standard InChI is InChI=1S/C16H24N2O3/c1-12(10-19)17-16(20)18-14-8-6-13(7-9-14)11-21-15-4-2-3-5-15/h6-9,12,15,19H,2-5,10-11H2,1H3,(H2,17,18,20)/t12-/m0/s1. The Bertz CT molecular complexity index is 441. The summed E-state index contributed by atoms with van der Waals surface area (Å²) in [4.78, 5) is 11.6. The first-order valence-electron chi connectivity index (χ1n) is 7.56. The molecular weight excluding hydrogens is 268 g/mol. The Morgan fingerprint density at radius 1 is 1.33 bits per heavy atom. The summed E-state index contributed by atoms with van der Waals surface area (Å²) >= 11 is 0. The molecule has 0 unspecified atom stereocenters. The molecule has 2 rings (SSSR count). The number of aliphatic hydroxyl groups is 1. The van der Waals surface area contributed by atoms with E-state index in [1.54, 1.807) is 6.92 Å². The van der Waals surface area contributed by atoms with Crippen molar-refractivity contribution in [2.24, 2.45) is 0 Å². The summed E-state index contributed by atoms with van der Waals surface area (Å²) in [6, 6.07) is 7.06. The average molecular weight is 292 g/mol. The summed E-state index contributed by atoms with van der Waals surface area (Å²) in [5.74, 6) is 0. The number of benzene rings is 1. The van der Waals surface area contributed by atoms with Crippen LogP contribution in [0.25, 0.3) is 0 Å². The zero-order chi connectivity index (χ0) is 15.1. The predicted octanol–water partition coefficient (Wildman–Crippen LogP) is 2.65. The minimum absolute atomic E-state index is 0.0785. The number of rotatable bonds is 6. The number of anilines is 1. The molecule has 1 aliphatic rings. The third-order valence-electron chi connectivity index (χ3n) is 3.65. The number of aliphatic hydroxyl groups excluding tert-OH is 1. The van der Waals surface area contributed by atoms with Crippen molar-refractivity contribution in [3.05, 3.63) is 29.8 Å². The maximum Gasteiger partial charge on any atom is 0.319 e. The molecule has 116 valence electrons. The minimum atomic E-state index is -0.313. The fourth-order valence-corrected chi connectivity index (χ4v) is 2.39. The van der Waals surface area contributed by atoms with Gasteiger partial charge in [-0.3, -0.25) is 0 Å². The van der Waals surface area contributed by atoms with E-state index in [0.29, 0.717) is 12.7 Å².